The Labute approximate surface area is 112 Å². The highest BCUT2D eigenvalue weighted by atomic mass is 35.7. The normalized spacial score (nSPS) is 11.4. The Balaban J connectivity index is 2.68. The molecule has 5 nitrogen and oxygen atoms in total. The molecule has 0 atom stereocenters. The van der Waals surface area contributed by atoms with Crippen molar-refractivity contribution in [1.82, 2.24) is 9.78 Å². The second kappa shape index (κ2) is 4.72. The molecule has 1 aromatic carbocycles. The van der Waals surface area contributed by atoms with E-state index >= 15 is 0 Å². The number of hydrogen-bond acceptors (Lipinski definition) is 4. The molecular weight excluding hydrogens is 299 g/mol. The Hall–Kier alpha value is -1.37. The van der Waals surface area contributed by atoms with E-state index in [0.29, 0.717) is 10.7 Å². The summed E-state index contributed by atoms with van der Waals surface area (Å²) in [6.07, 6.45) is 1.19. The lowest BCUT2D eigenvalue weighted by Crippen LogP contribution is -2.25. The van der Waals surface area contributed by atoms with E-state index in [4.69, 9.17) is 22.3 Å². The maximum Gasteiger partial charge on any atom is 0.291 e. The van der Waals surface area contributed by atoms with Gasteiger partial charge >= 0.3 is 0 Å². The first-order chi connectivity index (χ1) is 8.39. The molecule has 0 radical (unpaired) electrons. The molecule has 8 heteroatoms. The van der Waals surface area contributed by atoms with E-state index in [1.807, 2.05) is 0 Å². The van der Waals surface area contributed by atoms with Crippen molar-refractivity contribution in [2.24, 2.45) is 0 Å². The van der Waals surface area contributed by atoms with Crippen molar-refractivity contribution in [2.45, 2.75) is 4.90 Å². The highest BCUT2D eigenvalue weighted by Crippen LogP contribution is 2.13. The summed E-state index contributed by atoms with van der Waals surface area (Å²) in [5.41, 5.74) is -0.415. The second-order valence-corrected chi connectivity index (χ2v) is 6.30. The first kappa shape index (κ1) is 13.1. The smallest absolute Gasteiger partial charge is 0.266 e. The minimum atomic E-state index is -4.10. The van der Waals surface area contributed by atoms with Crippen LogP contribution in [0, 0.1) is 0 Å². The average molecular weight is 305 g/mol. The third-order valence-corrected chi connectivity index (χ3v) is 3.73. The lowest BCUT2D eigenvalue weighted by Gasteiger charge is -2.05. The van der Waals surface area contributed by atoms with Crippen molar-refractivity contribution in [1.29, 1.82) is 0 Å². The molecule has 2 rings (SSSR count). The summed E-state index contributed by atoms with van der Waals surface area (Å²) >= 11 is 5.72. The lowest BCUT2D eigenvalue weighted by atomic mass is 10.3. The van der Waals surface area contributed by atoms with Gasteiger partial charge in [0.15, 0.2) is 4.90 Å². The molecule has 0 unspecified atom stereocenters. The van der Waals surface area contributed by atoms with Crippen LogP contribution in [0.4, 0.5) is 0 Å². The summed E-state index contributed by atoms with van der Waals surface area (Å²) in [5, 5.41) is 4.28. The molecule has 0 N–H and O–H groups in total. The molecule has 0 saturated carbocycles. The van der Waals surface area contributed by atoms with Crippen molar-refractivity contribution in [3.05, 3.63) is 51.9 Å². The van der Waals surface area contributed by atoms with Gasteiger partial charge in [-0.2, -0.15) is 9.78 Å². The lowest BCUT2D eigenvalue weighted by molar-refractivity contribution is 0.606. The highest BCUT2D eigenvalue weighted by Gasteiger charge is 2.17. The zero-order valence-electron chi connectivity index (χ0n) is 8.75. The summed E-state index contributed by atoms with van der Waals surface area (Å²) in [7, 11) is 1.06. The predicted molar refractivity (Wildman–Crippen MR) is 67.9 cm³/mol. The van der Waals surface area contributed by atoms with E-state index in [9.17, 15) is 13.2 Å². The molecule has 94 valence electrons. The Morgan fingerprint density at radius 3 is 2.28 bits per heavy atom. The van der Waals surface area contributed by atoms with Gasteiger partial charge in [0.2, 0.25) is 0 Å². The molecule has 1 heterocycles. The molecule has 1 aromatic heterocycles. The van der Waals surface area contributed by atoms with Crippen LogP contribution in [-0.2, 0) is 9.05 Å². The molecule has 0 saturated heterocycles. The fourth-order valence-electron chi connectivity index (χ4n) is 1.35. The fourth-order valence-corrected chi connectivity index (χ4v) is 2.34. The van der Waals surface area contributed by atoms with Crippen molar-refractivity contribution >= 4 is 31.3 Å². The molecule has 0 bridgehead atoms. The molecule has 0 fully saturated rings. The van der Waals surface area contributed by atoms with Crippen molar-refractivity contribution in [3.63, 3.8) is 0 Å². The van der Waals surface area contributed by atoms with E-state index in [1.165, 1.54) is 6.20 Å². The Morgan fingerprint density at radius 2 is 1.72 bits per heavy atom. The van der Waals surface area contributed by atoms with E-state index in [2.05, 4.69) is 5.10 Å². The van der Waals surface area contributed by atoms with Gasteiger partial charge in [0.05, 0.1) is 5.69 Å². The number of hydrogen-bond donors (Lipinski definition) is 0. The standard InChI is InChI=1S/C10H6Cl2N2O3S/c11-7-1-3-8(4-2-7)14-10(15)9(5-6-13-14)18(12,16)17/h1-6H. The van der Waals surface area contributed by atoms with Gasteiger partial charge in [-0.15, -0.1) is 0 Å². The first-order valence-electron chi connectivity index (χ1n) is 4.68. The first-order valence-corrected chi connectivity index (χ1v) is 7.37. The van der Waals surface area contributed by atoms with Gasteiger partial charge < -0.3 is 0 Å². The van der Waals surface area contributed by atoms with Gasteiger partial charge in [-0.1, -0.05) is 11.6 Å². The van der Waals surface area contributed by atoms with Crippen LogP contribution in [-0.4, -0.2) is 18.2 Å². The van der Waals surface area contributed by atoms with Crippen LogP contribution in [0.25, 0.3) is 5.69 Å². The molecule has 0 aliphatic carbocycles. The zero-order valence-corrected chi connectivity index (χ0v) is 11.1. The van der Waals surface area contributed by atoms with Gasteiger partial charge in [-0.05, 0) is 30.3 Å². The van der Waals surface area contributed by atoms with Crippen LogP contribution in [0.2, 0.25) is 5.02 Å². The third kappa shape index (κ3) is 2.55. The quantitative estimate of drug-likeness (QED) is 0.794. The minimum absolute atomic E-state index is 0.395. The number of halogens is 2. The van der Waals surface area contributed by atoms with Gasteiger partial charge in [-0.3, -0.25) is 4.79 Å². The third-order valence-electron chi connectivity index (χ3n) is 2.15. The molecule has 0 aliphatic rings. The van der Waals surface area contributed by atoms with Crippen molar-refractivity contribution in [3.8, 4) is 5.69 Å². The number of benzene rings is 1. The van der Waals surface area contributed by atoms with Crippen molar-refractivity contribution in [2.75, 3.05) is 0 Å². The SMILES string of the molecule is O=c1c(S(=O)(=O)Cl)ccnn1-c1ccc(Cl)cc1. The summed E-state index contributed by atoms with van der Waals surface area (Å²) in [5.74, 6) is 0. The van der Waals surface area contributed by atoms with E-state index in [-0.39, 0.29) is 0 Å². The molecule has 18 heavy (non-hydrogen) atoms. The van der Waals surface area contributed by atoms with E-state index in [0.717, 1.165) is 10.7 Å². The number of rotatable bonds is 2. The maximum atomic E-state index is 11.9. The van der Waals surface area contributed by atoms with E-state index < -0.39 is 19.5 Å². The monoisotopic (exact) mass is 304 g/mol. The molecular formula is C10H6Cl2N2O3S. The number of aromatic nitrogens is 2. The second-order valence-electron chi connectivity index (χ2n) is 3.33. The number of nitrogens with zero attached hydrogens (tertiary/aromatic N) is 2. The van der Waals surface area contributed by atoms with Gasteiger partial charge in [-0.25, -0.2) is 8.42 Å². The average Bonchev–Trinajstić information content (AvgIpc) is 2.29. The van der Waals surface area contributed by atoms with Crippen LogP contribution < -0.4 is 5.56 Å². The molecule has 2 aromatic rings. The maximum absolute atomic E-state index is 11.9. The molecule has 0 amide bonds. The summed E-state index contributed by atoms with van der Waals surface area (Å²) in [6, 6.07) is 7.26. The molecule has 0 spiro atoms. The van der Waals surface area contributed by atoms with Gasteiger partial charge in [0.25, 0.3) is 14.6 Å². The van der Waals surface area contributed by atoms with Crippen LogP contribution in [0.3, 0.4) is 0 Å². The van der Waals surface area contributed by atoms with E-state index in [1.54, 1.807) is 24.3 Å². The van der Waals surface area contributed by atoms with Crippen LogP contribution >= 0.6 is 22.3 Å². The van der Waals surface area contributed by atoms with Crippen LogP contribution in [0.5, 0.6) is 0 Å². The van der Waals surface area contributed by atoms with Gasteiger partial charge in [0, 0.05) is 21.9 Å². The van der Waals surface area contributed by atoms with Crippen molar-refractivity contribution < 1.29 is 8.42 Å². The topological polar surface area (TPSA) is 69.0 Å². The highest BCUT2D eigenvalue weighted by molar-refractivity contribution is 8.13. The minimum Gasteiger partial charge on any atom is -0.266 e. The largest absolute Gasteiger partial charge is 0.291 e. The fraction of sp³-hybridized carbons (Fsp3) is 0. The predicted octanol–water partition coefficient (Wildman–Crippen LogP) is 1.81. The Kier molecular flexibility index (Phi) is 3.43. The van der Waals surface area contributed by atoms with Gasteiger partial charge in [0.1, 0.15) is 0 Å². The Morgan fingerprint density at radius 1 is 1.11 bits per heavy atom. The molecule has 0 aliphatic heterocycles. The summed E-state index contributed by atoms with van der Waals surface area (Å²) in [4.78, 5) is 11.4. The summed E-state index contributed by atoms with van der Waals surface area (Å²) in [6.45, 7) is 0. The van der Waals surface area contributed by atoms with Crippen LogP contribution in [0.15, 0.2) is 46.2 Å². The van der Waals surface area contributed by atoms with Crippen LogP contribution in [0.1, 0.15) is 0 Å². The zero-order chi connectivity index (χ0) is 13.3. The Bertz CT molecular complexity index is 738. The summed E-state index contributed by atoms with van der Waals surface area (Å²) < 4.78 is 23.3.